The molecular formula is C25H30N2O4S. The third-order valence-electron chi connectivity index (χ3n) is 5.46. The maximum Gasteiger partial charge on any atom is 0.329 e. The van der Waals surface area contributed by atoms with E-state index in [0.717, 1.165) is 19.3 Å². The van der Waals surface area contributed by atoms with Crippen LogP contribution >= 0.6 is 11.8 Å². The number of benzene rings is 2. The molecular weight excluding hydrogens is 424 g/mol. The second kappa shape index (κ2) is 12.3. The zero-order chi connectivity index (χ0) is 22.8. The van der Waals surface area contributed by atoms with Crippen molar-refractivity contribution in [3.8, 4) is 0 Å². The highest BCUT2D eigenvalue weighted by Gasteiger charge is 2.33. The normalized spacial score (nSPS) is 15.5. The highest BCUT2D eigenvalue weighted by molar-refractivity contribution is 7.98. The van der Waals surface area contributed by atoms with Crippen molar-refractivity contribution in [2.45, 2.75) is 37.8 Å². The second-order valence-electron chi connectivity index (χ2n) is 7.79. The molecule has 1 saturated heterocycles. The number of ether oxygens (including phenoxy) is 1. The lowest BCUT2D eigenvalue weighted by Gasteiger charge is -2.31. The number of thioether (sulfide) groups is 1. The van der Waals surface area contributed by atoms with Gasteiger partial charge in [0.1, 0.15) is 6.04 Å². The molecule has 1 fully saturated rings. The summed E-state index contributed by atoms with van der Waals surface area (Å²) in [4.78, 5) is 40.9. The number of hydrogen-bond acceptors (Lipinski definition) is 5. The molecule has 2 aromatic carbocycles. The van der Waals surface area contributed by atoms with Crippen molar-refractivity contribution in [3.63, 3.8) is 0 Å². The molecule has 0 saturated carbocycles. The van der Waals surface area contributed by atoms with Crippen LogP contribution in [0.3, 0.4) is 0 Å². The van der Waals surface area contributed by atoms with Gasteiger partial charge in [0.25, 0.3) is 11.8 Å². The first-order valence-electron chi connectivity index (χ1n) is 11.0. The number of rotatable bonds is 9. The Balaban J connectivity index is 1.77. The molecule has 2 aromatic rings. The number of carbonyl (C=O) groups is 3. The van der Waals surface area contributed by atoms with Gasteiger partial charge >= 0.3 is 5.97 Å². The molecule has 170 valence electrons. The van der Waals surface area contributed by atoms with Gasteiger partial charge in [0, 0.05) is 24.2 Å². The van der Waals surface area contributed by atoms with Crippen molar-refractivity contribution >= 4 is 29.5 Å². The van der Waals surface area contributed by atoms with Crippen LogP contribution in [0.4, 0.5) is 0 Å². The molecule has 0 aliphatic carbocycles. The summed E-state index contributed by atoms with van der Waals surface area (Å²) in [5.41, 5.74) is 1.10. The van der Waals surface area contributed by atoms with Crippen LogP contribution in [0.15, 0.2) is 60.7 Å². The molecule has 2 unspecified atom stereocenters. The lowest BCUT2D eigenvalue weighted by Crippen LogP contribution is -2.45. The monoisotopic (exact) mass is 454 g/mol. The molecule has 1 N–H and O–H groups in total. The summed E-state index contributed by atoms with van der Waals surface area (Å²) in [6, 6.07) is 17.0. The predicted octanol–water partition coefficient (Wildman–Crippen LogP) is 3.84. The molecule has 2 atom stereocenters. The second-order valence-corrected chi connectivity index (χ2v) is 8.77. The Morgan fingerprint density at radius 2 is 1.59 bits per heavy atom. The number of amides is 2. The Kier molecular flexibility index (Phi) is 9.16. The van der Waals surface area contributed by atoms with E-state index < -0.39 is 18.1 Å². The van der Waals surface area contributed by atoms with Gasteiger partial charge in [0.15, 0.2) is 0 Å². The van der Waals surface area contributed by atoms with E-state index in [1.807, 2.05) is 30.5 Å². The Bertz CT molecular complexity index is 885. The Hall–Kier alpha value is -2.80. The first kappa shape index (κ1) is 23.9. The van der Waals surface area contributed by atoms with E-state index >= 15 is 0 Å². The molecule has 0 bridgehead atoms. The van der Waals surface area contributed by atoms with Gasteiger partial charge in [0.2, 0.25) is 6.10 Å². The molecule has 6 nitrogen and oxygen atoms in total. The summed E-state index contributed by atoms with van der Waals surface area (Å²) in [5, 5.41) is 2.79. The van der Waals surface area contributed by atoms with Crippen molar-refractivity contribution in [2.75, 3.05) is 25.1 Å². The molecule has 32 heavy (non-hydrogen) atoms. The number of nitrogens with one attached hydrogen (secondary N) is 1. The maximum absolute atomic E-state index is 13.3. The topological polar surface area (TPSA) is 75.7 Å². The predicted molar refractivity (Wildman–Crippen MR) is 126 cm³/mol. The Morgan fingerprint density at radius 3 is 2.22 bits per heavy atom. The fraction of sp³-hybridized carbons (Fsp3) is 0.400. The fourth-order valence-electron chi connectivity index (χ4n) is 3.68. The average molecular weight is 455 g/mol. The first-order valence-corrected chi connectivity index (χ1v) is 12.4. The zero-order valence-electron chi connectivity index (χ0n) is 18.4. The van der Waals surface area contributed by atoms with E-state index in [4.69, 9.17) is 4.74 Å². The number of hydrogen-bond donors (Lipinski definition) is 1. The van der Waals surface area contributed by atoms with Crippen LogP contribution in [0, 0.1) is 0 Å². The average Bonchev–Trinajstić information content (AvgIpc) is 2.86. The standard InChI is InChI=1S/C25H30N2O4S/c1-32-18-15-21(26-23(28)20-13-7-3-8-14-20)25(30)31-22(19-11-5-2-6-12-19)24(29)27-16-9-4-10-17-27/h2-3,5-8,11-14,21-22H,4,9-10,15-18H2,1H3,(H,26,28). The molecule has 1 heterocycles. The molecule has 3 rings (SSSR count). The van der Waals surface area contributed by atoms with Gasteiger partial charge in [0.05, 0.1) is 0 Å². The number of nitrogens with zero attached hydrogens (tertiary/aromatic N) is 1. The van der Waals surface area contributed by atoms with Gasteiger partial charge in [-0.2, -0.15) is 11.8 Å². The lowest BCUT2D eigenvalue weighted by atomic mass is 10.1. The van der Waals surface area contributed by atoms with Crippen molar-refractivity contribution in [1.29, 1.82) is 0 Å². The smallest absolute Gasteiger partial charge is 0.329 e. The van der Waals surface area contributed by atoms with Crippen LogP contribution in [0.2, 0.25) is 0 Å². The van der Waals surface area contributed by atoms with E-state index in [-0.39, 0.29) is 11.8 Å². The van der Waals surface area contributed by atoms with E-state index in [2.05, 4.69) is 5.32 Å². The molecule has 0 aromatic heterocycles. The summed E-state index contributed by atoms with van der Waals surface area (Å²) in [6.45, 7) is 1.33. The van der Waals surface area contributed by atoms with Crippen LogP contribution in [0.5, 0.6) is 0 Å². The van der Waals surface area contributed by atoms with E-state index in [0.29, 0.717) is 36.4 Å². The molecule has 0 radical (unpaired) electrons. The lowest BCUT2D eigenvalue weighted by molar-refractivity contribution is -0.163. The van der Waals surface area contributed by atoms with Crippen LogP contribution < -0.4 is 5.32 Å². The van der Waals surface area contributed by atoms with Gasteiger partial charge in [-0.1, -0.05) is 48.5 Å². The minimum absolute atomic E-state index is 0.206. The van der Waals surface area contributed by atoms with Gasteiger partial charge in [-0.15, -0.1) is 0 Å². The van der Waals surface area contributed by atoms with Crippen LogP contribution in [0.1, 0.15) is 47.7 Å². The molecule has 1 aliphatic rings. The van der Waals surface area contributed by atoms with Crippen LogP contribution in [-0.4, -0.2) is 53.8 Å². The number of piperidine rings is 1. The third-order valence-corrected chi connectivity index (χ3v) is 6.11. The largest absolute Gasteiger partial charge is 0.446 e. The zero-order valence-corrected chi connectivity index (χ0v) is 19.2. The number of esters is 1. The molecule has 7 heteroatoms. The van der Waals surface area contributed by atoms with Gasteiger partial charge < -0.3 is 15.0 Å². The van der Waals surface area contributed by atoms with Crippen molar-refractivity contribution in [1.82, 2.24) is 10.2 Å². The van der Waals surface area contributed by atoms with E-state index in [1.54, 1.807) is 53.1 Å². The third kappa shape index (κ3) is 6.60. The quantitative estimate of drug-likeness (QED) is 0.583. The summed E-state index contributed by atoms with van der Waals surface area (Å²) in [6.07, 6.45) is 4.33. The minimum Gasteiger partial charge on any atom is -0.446 e. The van der Waals surface area contributed by atoms with Gasteiger partial charge in [-0.3, -0.25) is 9.59 Å². The molecule has 0 spiro atoms. The summed E-state index contributed by atoms with van der Waals surface area (Å²) < 4.78 is 5.79. The maximum atomic E-state index is 13.3. The first-order chi connectivity index (χ1) is 15.6. The fourth-order valence-corrected chi connectivity index (χ4v) is 4.15. The summed E-state index contributed by atoms with van der Waals surface area (Å²) in [5.74, 6) is -0.470. The van der Waals surface area contributed by atoms with E-state index in [9.17, 15) is 14.4 Å². The molecule has 1 aliphatic heterocycles. The van der Waals surface area contributed by atoms with Gasteiger partial charge in [-0.05, 0) is 49.8 Å². The van der Waals surface area contributed by atoms with Crippen molar-refractivity contribution < 1.29 is 19.1 Å². The van der Waals surface area contributed by atoms with Crippen molar-refractivity contribution in [3.05, 3.63) is 71.8 Å². The SMILES string of the molecule is CSCCC(NC(=O)c1ccccc1)C(=O)OC(C(=O)N1CCCCC1)c1ccccc1. The Labute approximate surface area is 193 Å². The number of carbonyl (C=O) groups excluding carboxylic acids is 3. The number of likely N-dealkylation sites (tertiary alicyclic amines) is 1. The minimum atomic E-state index is -1.02. The van der Waals surface area contributed by atoms with Gasteiger partial charge in [-0.25, -0.2) is 4.79 Å². The summed E-state index contributed by atoms with van der Waals surface area (Å²) in [7, 11) is 0. The van der Waals surface area contributed by atoms with E-state index in [1.165, 1.54) is 0 Å². The highest BCUT2D eigenvalue weighted by Crippen LogP contribution is 2.24. The molecule has 2 amide bonds. The summed E-state index contributed by atoms with van der Waals surface area (Å²) >= 11 is 1.58. The highest BCUT2D eigenvalue weighted by atomic mass is 32.2. The van der Waals surface area contributed by atoms with Crippen molar-refractivity contribution in [2.24, 2.45) is 0 Å². The Morgan fingerprint density at radius 1 is 0.969 bits per heavy atom. The van der Waals surface area contributed by atoms with Crippen LogP contribution in [-0.2, 0) is 14.3 Å². The van der Waals surface area contributed by atoms with Crippen LogP contribution in [0.25, 0.3) is 0 Å².